The maximum Gasteiger partial charge on any atom is 0.298 e. The first-order chi connectivity index (χ1) is 9.04. The topological polar surface area (TPSA) is 101 Å². The Kier molecular flexibility index (Phi) is 2.92. The molecule has 0 saturated carbocycles. The number of piperazine rings is 1. The highest BCUT2D eigenvalue weighted by atomic mass is 32.2. The van der Waals surface area contributed by atoms with Crippen molar-refractivity contribution in [2.75, 3.05) is 31.1 Å². The van der Waals surface area contributed by atoms with Gasteiger partial charge in [-0.3, -0.25) is 0 Å². The molecule has 3 N–H and O–H groups in total. The fourth-order valence-corrected chi connectivity index (χ4v) is 2.60. The van der Waals surface area contributed by atoms with Crippen LogP contribution < -0.4 is 15.4 Å². The second kappa shape index (κ2) is 4.48. The molecule has 2 heterocycles. The number of nitrogens with one attached hydrogen (secondary N) is 1. The predicted molar refractivity (Wildman–Crippen MR) is 70.5 cm³/mol. The lowest BCUT2D eigenvalue weighted by molar-refractivity contribution is 0.517. The Labute approximate surface area is 110 Å². The first-order valence-corrected chi connectivity index (χ1v) is 7.48. The van der Waals surface area contributed by atoms with Gasteiger partial charge < -0.3 is 14.6 Å². The van der Waals surface area contributed by atoms with Crippen molar-refractivity contribution in [1.82, 2.24) is 10.3 Å². The van der Waals surface area contributed by atoms with Gasteiger partial charge in [-0.15, -0.1) is 0 Å². The van der Waals surface area contributed by atoms with Gasteiger partial charge in [0.15, 0.2) is 5.58 Å². The summed E-state index contributed by atoms with van der Waals surface area (Å²) in [7, 11) is -3.72. The van der Waals surface area contributed by atoms with Gasteiger partial charge in [0.25, 0.3) is 6.01 Å². The first-order valence-electron chi connectivity index (χ1n) is 5.93. The highest BCUT2D eigenvalue weighted by Gasteiger charge is 2.17. The number of hydrogen-bond donors (Lipinski definition) is 2. The van der Waals surface area contributed by atoms with Gasteiger partial charge in [0, 0.05) is 26.2 Å². The number of primary sulfonamides is 1. The highest BCUT2D eigenvalue weighted by molar-refractivity contribution is 7.89. The maximum atomic E-state index is 11.3. The smallest absolute Gasteiger partial charge is 0.298 e. The molecule has 1 saturated heterocycles. The summed E-state index contributed by atoms with van der Waals surface area (Å²) in [6, 6.07) is 4.95. The van der Waals surface area contributed by atoms with E-state index in [-0.39, 0.29) is 4.90 Å². The molecular formula is C11H14N4O3S. The second-order valence-electron chi connectivity index (χ2n) is 4.41. The zero-order valence-electron chi connectivity index (χ0n) is 10.2. The average Bonchev–Trinajstić information content (AvgIpc) is 2.81. The average molecular weight is 282 g/mol. The third-order valence-corrected chi connectivity index (χ3v) is 3.97. The van der Waals surface area contributed by atoms with E-state index in [4.69, 9.17) is 9.56 Å². The molecule has 0 amide bonds. The fraction of sp³-hybridized carbons (Fsp3) is 0.364. The van der Waals surface area contributed by atoms with Crippen LogP contribution >= 0.6 is 0 Å². The number of benzene rings is 1. The first kappa shape index (κ1) is 12.4. The van der Waals surface area contributed by atoms with Crippen LogP contribution in [-0.4, -0.2) is 39.6 Å². The van der Waals surface area contributed by atoms with Crippen LogP contribution in [0.2, 0.25) is 0 Å². The number of hydrogen-bond acceptors (Lipinski definition) is 6. The highest BCUT2D eigenvalue weighted by Crippen LogP contribution is 2.24. The normalized spacial score (nSPS) is 17.0. The molecule has 1 aromatic carbocycles. The van der Waals surface area contributed by atoms with E-state index in [1.807, 2.05) is 4.90 Å². The summed E-state index contributed by atoms with van der Waals surface area (Å²) < 4.78 is 28.2. The summed E-state index contributed by atoms with van der Waals surface area (Å²) in [5, 5.41) is 8.33. The van der Waals surface area contributed by atoms with E-state index >= 15 is 0 Å². The Bertz CT molecular complexity index is 704. The minimum absolute atomic E-state index is 0.0418. The number of nitrogens with zero attached hydrogens (tertiary/aromatic N) is 2. The van der Waals surface area contributed by atoms with E-state index < -0.39 is 10.0 Å². The Hall–Kier alpha value is -1.64. The van der Waals surface area contributed by atoms with Gasteiger partial charge in [-0.2, -0.15) is 4.98 Å². The van der Waals surface area contributed by atoms with Crippen LogP contribution in [0.1, 0.15) is 0 Å². The monoisotopic (exact) mass is 282 g/mol. The molecule has 1 aromatic heterocycles. The van der Waals surface area contributed by atoms with Crippen LogP contribution in [0.4, 0.5) is 6.01 Å². The molecule has 1 aliphatic rings. The van der Waals surface area contributed by atoms with Crippen molar-refractivity contribution >= 4 is 27.1 Å². The number of oxazole rings is 1. The number of aromatic nitrogens is 1. The molecule has 0 spiro atoms. The number of nitrogens with two attached hydrogens (primary N) is 1. The van der Waals surface area contributed by atoms with Gasteiger partial charge in [0.2, 0.25) is 10.0 Å². The molecule has 19 heavy (non-hydrogen) atoms. The summed E-state index contributed by atoms with van der Waals surface area (Å²) in [6.07, 6.45) is 0. The van der Waals surface area contributed by atoms with Crippen molar-refractivity contribution in [2.24, 2.45) is 5.14 Å². The summed E-state index contributed by atoms with van der Waals surface area (Å²) in [5.41, 5.74) is 1.06. The van der Waals surface area contributed by atoms with Crippen LogP contribution in [0.15, 0.2) is 27.5 Å². The summed E-state index contributed by atoms with van der Waals surface area (Å²) in [4.78, 5) is 6.38. The Balaban J connectivity index is 2.01. The molecule has 1 aliphatic heterocycles. The van der Waals surface area contributed by atoms with Gasteiger partial charge in [0.05, 0.1) is 4.90 Å². The molecule has 0 aliphatic carbocycles. The Morgan fingerprint density at radius 2 is 2.05 bits per heavy atom. The minimum Gasteiger partial charge on any atom is -0.423 e. The van der Waals surface area contributed by atoms with Crippen LogP contribution in [-0.2, 0) is 10.0 Å². The van der Waals surface area contributed by atoms with Gasteiger partial charge in [-0.05, 0) is 18.2 Å². The van der Waals surface area contributed by atoms with Crippen molar-refractivity contribution in [3.8, 4) is 0 Å². The van der Waals surface area contributed by atoms with E-state index in [9.17, 15) is 8.42 Å². The molecule has 0 atom stereocenters. The van der Waals surface area contributed by atoms with Crippen LogP contribution in [0.3, 0.4) is 0 Å². The van der Waals surface area contributed by atoms with Crippen molar-refractivity contribution < 1.29 is 12.8 Å². The third-order valence-electron chi connectivity index (χ3n) is 3.06. The second-order valence-corrected chi connectivity index (χ2v) is 5.97. The zero-order chi connectivity index (χ0) is 13.5. The van der Waals surface area contributed by atoms with Crippen LogP contribution in [0, 0.1) is 0 Å². The van der Waals surface area contributed by atoms with Crippen molar-refractivity contribution in [2.45, 2.75) is 4.90 Å². The van der Waals surface area contributed by atoms with Crippen LogP contribution in [0.5, 0.6) is 0 Å². The third kappa shape index (κ3) is 2.42. The summed E-state index contributed by atoms with van der Waals surface area (Å²) >= 11 is 0. The molecule has 0 unspecified atom stereocenters. The fourth-order valence-electron chi connectivity index (χ4n) is 2.06. The van der Waals surface area contributed by atoms with Crippen molar-refractivity contribution in [3.63, 3.8) is 0 Å². The molecule has 102 valence electrons. The van der Waals surface area contributed by atoms with E-state index in [1.165, 1.54) is 12.1 Å². The molecule has 0 bridgehead atoms. The number of fused-ring (bicyclic) bond motifs is 1. The largest absolute Gasteiger partial charge is 0.423 e. The lowest BCUT2D eigenvalue weighted by atomic mass is 10.3. The van der Waals surface area contributed by atoms with Gasteiger partial charge in [0.1, 0.15) is 5.52 Å². The quantitative estimate of drug-likeness (QED) is 0.796. The molecule has 1 fully saturated rings. The predicted octanol–water partition coefficient (Wildman–Crippen LogP) is -0.115. The lowest BCUT2D eigenvalue weighted by Crippen LogP contribution is -2.43. The molecule has 8 heteroatoms. The summed E-state index contributed by atoms with van der Waals surface area (Å²) in [6.45, 7) is 3.38. The summed E-state index contributed by atoms with van der Waals surface area (Å²) in [5.74, 6) is 0. The minimum atomic E-state index is -3.72. The number of sulfonamides is 1. The van der Waals surface area contributed by atoms with E-state index in [1.54, 1.807) is 6.07 Å². The number of rotatable bonds is 2. The SMILES string of the molecule is NS(=O)(=O)c1ccc2oc(N3CCNCC3)nc2c1. The molecular weight excluding hydrogens is 268 g/mol. The lowest BCUT2D eigenvalue weighted by Gasteiger charge is -2.25. The van der Waals surface area contributed by atoms with E-state index in [0.717, 1.165) is 26.2 Å². The van der Waals surface area contributed by atoms with Gasteiger partial charge in [-0.25, -0.2) is 13.6 Å². The molecule has 3 rings (SSSR count). The zero-order valence-corrected chi connectivity index (χ0v) is 11.0. The van der Waals surface area contributed by atoms with Gasteiger partial charge >= 0.3 is 0 Å². The number of anilines is 1. The molecule has 0 radical (unpaired) electrons. The van der Waals surface area contributed by atoms with E-state index in [0.29, 0.717) is 17.1 Å². The Morgan fingerprint density at radius 1 is 1.32 bits per heavy atom. The Morgan fingerprint density at radius 3 is 2.74 bits per heavy atom. The standard InChI is InChI=1S/C11H14N4O3S/c12-19(16,17)8-1-2-10-9(7-8)14-11(18-10)15-5-3-13-4-6-15/h1-2,7,13H,3-6H2,(H2,12,16,17). The van der Waals surface area contributed by atoms with Crippen molar-refractivity contribution in [1.29, 1.82) is 0 Å². The van der Waals surface area contributed by atoms with Gasteiger partial charge in [-0.1, -0.05) is 0 Å². The van der Waals surface area contributed by atoms with Crippen molar-refractivity contribution in [3.05, 3.63) is 18.2 Å². The maximum absolute atomic E-state index is 11.3. The molecule has 2 aromatic rings. The van der Waals surface area contributed by atoms with Crippen LogP contribution in [0.25, 0.3) is 11.1 Å². The van der Waals surface area contributed by atoms with E-state index in [2.05, 4.69) is 10.3 Å². The molecule has 7 nitrogen and oxygen atoms in total.